The van der Waals surface area contributed by atoms with Gasteiger partial charge in [-0.2, -0.15) is 5.10 Å². The highest BCUT2D eigenvalue weighted by molar-refractivity contribution is 14.1. The molecule has 1 aliphatic rings. The second-order valence-corrected chi connectivity index (χ2v) is 8.77. The number of carbonyl (C=O) groups excluding carboxylic acids is 1. The Bertz CT molecular complexity index is 1030. The van der Waals surface area contributed by atoms with Gasteiger partial charge in [0.25, 0.3) is 5.91 Å². The molecule has 0 bridgehead atoms. The van der Waals surface area contributed by atoms with Gasteiger partial charge in [-0.25, -0.2) is 9.67 Å². The zero-order valence-corrected chi connectivity index (χ0v) is 19.3. The first kappa shape index (κ1) is 21.0. The minimum absolute atomic E-state index is 0.112. The lowest BCUT2D eigenvalue weighted by Crippen LogP contribution is -2.31. The normalized spacial score (nSPS) is 15.8. The molecule has 1 saturated heterocycles. The molecule has 1 atom stereocenters. The Kier molecular flexibility index (Phi) is 6.52. The number of anilines is 1. The fourth-order valence-corrected chi connectivity index (χ4v) is 4.10. The molecule has 1 aliphatic heterocycles. The van der Waals surface area contributed by atoms with E-state index in [9.17, 15) is 4.79 Å². The van der Waals surface area contributed by atoms with Crippen LogP contribution in [0.5, 0.6) is 0 Å². The fraction of sp³-hybridized carbons (Fsp3) is 0.409. The SMILES string of the molecule is CCn1ncc2c(NC3CCOCC3)c(C(=O)N[C@@H](C)c3ccc(I)cc3)cnc21. The molecule has 2 aromatic heterocycles. The van der Waals surface area contributed by atoms with Gasteiger partial charge in [0.1, 0.15) is 0 Å². The van der Waals surface area contributed by atoms with Crippen LogP contribution in [0.3, 0.4) is 0 Å². The molecule has 3 aromatic rings. The maximum Gasteiger partial charge on any atom is 0.255 e. The summed E-state index contributed by atoms with van der Waals surface area (Å²) in [7, 11) is 0. The van der Waals surface area contributed by atoms with E-state index in [0.29, 0.717) is 5.56 Å². The number of ether oxygens (including phenoxy) is 1. The number of halogens is 1. The van der Waals surface area contributed by atoms with Gasteiger partial charge < -0.3 is 15.4 Å². The zero-order valence-electron chi connectivity index (χ0n) is 17.2. The summed E-state index contributed by atoms with van der Waals surface area (Å²) in [5.41, 5.74) is 3.20. The van der Waals surface area contributed by atoms with Crippen molar-refractivity contribution in [2.24, 2.45) is 0 Å². The minimum Gasteiger partial charge on any atom is -0.381 e. The molecule has 8 heteroatoms. The lowest BCUT2D eigenvalue weighted by molar-refractivity contribution is 0.0903. The van der Waals surface area contributed by atoms with Crippen LogP contribution in [0.1, 0.15) is 48.7 Å². The van der Waals surface area contributed by atoms with E-state index in [4.69, 9.17) is 4.74 Å². The standard InChI is InChI=1S/C22H26IN5O2/c1-3-28-21-18(13-25-28)20(27-17-8-10-30-11-9-17)19(12-24-21)22(29)26-14(2)15-4-6-16(23)7-5-15/h4-7,12-14,17H,3,8-11H2,1-2H3,(H,24,27)(H,26,29)/t14-/m0/s1. The summed E-state index contributed by atoms with van der Waals surface area (Å²) >= 11 is 2.28. The zero-order chi connectivity index (χ0) is 21.1. The number of hydrogen-bond donors (Lipinski definition) is 2. The van der Waals surface area contributed by atoms with Gasteiger partial charge in [0.05, 0.1) is 28.9 Å². The first-order valence-corrected chi connectivity index (χ1v) is 11.4. The summed E-state index contributed by atoms with van der Waals surface area (Å²) in [5, 5.41) is 12.0. The van der Waals surface area contributed by atoms with Crippen molar-refractivity contribution in [3.8, 4) is 0 Å². The second-order valence-electron chi connectivity index (χ2n) is 7.52. The van der Waals surface area contributed by atoms with Crippen LogP contribution in [0.4, 0.5) is 5.69 Å². The molecule has 4 rings (SSSR count). The molecule has 0 radical (unpaired) electrons. The number of carbonyl (C=O) groups is 1. The third-order valence-corrected chi connectivity index (χ3v) is 6.22. The summed E-state index contributed by atoms with van der Waals surface area (Å²) in [4.78, 5) is 17.8. The van der Waals surface area contributed by atoms with E-state index in [1.807, 2.05) is 42.8 Å². The van der Waals surface area contributed by atoms with Crippen molar-refractivity contribution in [3.05, 3.63) is 51.4 Å². The average Bonchev–Trinajstić information content (AvgIpc) is 3.18. The summed E-state index contributed by atoms with van der Waals surface area (Å²) in [6, 6.07) is 8.32. The Morgan fingerprint density at radius 1 is 1.27 bits per heavy atom. The highest BCUT2D eigenvalue weighted by Crippen LogP contribution is 2.29. The molecule has 1 fully saturated rings. The van der Waals surface area contributed by atoms with Crippen LogP contribution < -0.4 is 10.6 Å². The molecule has 0 saturated carbocycles. The lowest BCUT2D eigenvalue weighted by Gasteiger charge is -2.26. The van der Waals surface area contributed by atoms with E-state index in [1.165, 1.54) is 3.57 Å². The lowest BCUT2D eigenvalue weighted by atomic mass is 10.1. The summed E-state index contributed by atoms with van der Waals surface area (Å²) in [6.07, 6.45) is 5.28. The van der Waals surface area contributed by atoms with Crippen molar-refractivity contribution in [1.82, 2.24) is 20.1 Å². The Morgan fingerprint density at radius 2 is 2.00 bits per heavy atom. The van der Waals surface area contributed by atoms with Crippen LogP contribution in [0.25, 0.3) is 11.0 Å². The van der Waals surface area contributed by atoms with Crippen molar-refractivity contribution in [2.75, 3.05) is 18.5 Å². The highest BCUT2D eigenvalue weighted by atomic mass is 127. The maximum atomic E-state index is 13.2. The van der Waals surface area contributed by atoms with E-state index in [0.717, 1.165) is 54.9 Å². The molecule has 0 aliphatic carbocycles. The van der Waals surface area contributed by atoms with Crippen molar-refractivity contribution in [2.45, 2.75) is 45.3 Å². The third-order valence-electron chi connectivity index (χ3n) is 5.50. The Balaban J connectivity index is 1.65. The van der Waals surface area contributed by atoms with E-state index in [1.54, 1.807) is 12.4 Å². The first-order chi connectivity index (χ1) is 14.6. The number of fused-ring (bicyclic) bond motifs is 1. The largest absolute Gasteiger partial charge is 0.381 e. The molecule has 1 aromatic carbocycles. The first-order valence-electron chi connectivity index (χ1n) is 10.3. The average molecular weight is 519 g/mol. The summed E-state index contributed by atoms with van der Waals surface area (Å²) < 4.78 is 8.50. The fourth-order valence-electron chi connectivity index (χ4n) is 3.74. The van der Waals surface area contributed by atoms with E-state index in [2.05, 4.69) is 43.3 Å². The second kappa shape index (κ2) is 9.30. The molecule has 30 heavy (non-hydrogen) atoms. The summed E-state index contributed by atoms with van der Waals surface area (Å²) in [6.45, 7) is 6.20. The minimum atomic E-state index is -0.144. The quantitative estimate of drug-likeness (QED) is 0.479. The Labute approximate surface area is 189 Å². The van der Waals surface area contributed by atoms with Gasteiger partial charge in [0.15, 0.2) is 5.65 Å². The number of rotatable bonds is 6. The van der Waals surface area contributed by atoms with Crippen molar-refractivity contribution in [3.63, 3.8) is 0 Å². The van der Waals surface area contributed by atoms with Gasteiger partial charge in [-0.3, -0.25) is 4.79 Å². The number of pyridine rings is 1. The number of hydrogen-bond acceptors (Lipinski definition) is 5. The van der Waals surface area contributed by atoms with E-state index in [-0.39, 0.29) is 18.0 Å². The monoisotopic (exact) mass is 519 g/mol. The number of benzene rings is 1. The smallest absolute Gasteiger partial charge is 0.255 e. The van der Waals surface area contributed by atoms with Crippen LogP contribution in [0.2, 0.25) is 0 Å². The van der Waals surface area contributed by atoms with Crippen molar-refractivity contribution in [1.29, 1.82) is 0 Å². The number of aromatic nitrogens is 3. The molecule has 0 unspecified atom stereocenters. The number of aryl methyl sites for hydroxylation is 1. The third kappa shape index (κ3) is 4.44. The molecular weight excluding hydrogens is 493 g/mol. The van der Waals surface area contributed by atoms with Crippen molar-refractivity contribution >= 4 is 45.2 Å². The van der Waals surface area contributed by atoms with Gasteiger partial charge in [-0.15, -0.1) is 0 Å². The van der Waals surface area contributed by atoms with Crippen LogP contribution in [-0.4, -0.2) is 39.9 Å². The maximum absolute atomic E-state index is 13.2. The van der Waals surface area contributed by atoms with Gasteiger partial charge in [-0.05, 0) is 67.0 Å². The van der Waals surface area contributed by atoms with Crippen molar-refractivity contribution < 1.29 is 9.53 Å². The van der Waals surface area contributed by atoms with Crippen LogP contribution in [0.15, 0.2) is 36.7 Å². The highest BCUT2D eigenvalue weighted by Gasteiger charge is 2.23. The molecular formula is C22H26IN5O2. The van der Waals surface area contributed by atoms with Gasteiger partial charge in [-0.1, -0.05) is 12.1 Å². The van der Waals surface area contributed by atoms with Crippen LogP contribution in [0, 0.1) is 3.57 Å². The van der Waals surface area contributed by atoms with Gasteiger partial charge in [0, 0.05) is 35.6 Å². The molecule has 0 spiro atoms. The van der Waals surface area contributed by atoms with Crippen LogP contribution in [-0.2, 0) is 11.3 Å². The predicted molar refractivity (Wildman–Crippen MR) is 126 cm³/mol. The molecule has 1 amide bonds. The topological polar surface area (TPSA) is 81.1 Å². The van der Waals surface area contributed by atoms with E-state index < -0.39 is 0 Å². The molecule has 7 nitrogen and oxygen atoms in total. The molecule has 3 heterocycles. The Morgan fingerprint density at radius 3 is 2.70 bits per heavy atom. The van der Waals surface area contributed by atoms with Gasteiger partial charge in [0.2, 0.25) is 0 Å². The Hall–Kier alpha value is -2.20. The van der Waals surface area contributed by atoms with E-state index >= 15 is 0 Å². The predicted octanol–water partition coefficient (Wildman–Crippen LogP) is 4.14. The van der Waals surface area contributed by atoms with Crippen LogP contribution >= 0.6 is 22.6 Å². The molecule has 2 N–H and O–H groups in total. The summed E-state index contributed by atoms with van der Waals surface area (Å²) in [5.74, 6) is -0.144. The number of amides is 1. The number of nitrogens with zero attached hydrogens (tertiary/aromatic N) is 3. The number of nitrogens with one attached hydrogen (secondary N) is 2. The molecule has 158 valence electrons. The van der Waals surface area contributed by atoms with Gasteiger partial charge >= 0.3 is 0 Å².